The summed E-state index contributed by atoms with van der Waals surface area (Å²) in [6.45, 7) is 3.89. The Bertz CT molecular complexity index is 622. The molecule has 0 spiro atoms. The van der Waals surface area contributed by atoms with Crippen LogP contribution in [-0.2, 0) is 9.59 Å². The van der Waals surface area contributed by atoms with Crippen molar-refractivity contribution in [1.82, 2.24) is 4.90 Å². The molecule has 0 saturated heterocycles. The van der Waals surface area contributed by atoms with E-state index < -0.39 is 17.7 Å². The van der Waals surface area contributed by atoms with E-state index in [1.54, 1.807) is 12.1 Å². The van der Waals surface area contributed by atoms with E-state index in [2.05, 4.69) is 6.92 Å². The molecular weight excluding hydrogens is 297 g/mol. The molecule has 1 aromatic rings. The Morgan fingerprint density at radius 3 is 2.43 bits per heavy atom. The molecule has 0 bridgehead atoms. The first-order valence-corrected chi connectivity index (χ1v) is 7.97. The highest BCUT2D eigenvalue weighted by Gasteiger charge is 2.41. The van der Waals surface area contributed by atoms with Crippen LogP contribution in [0.15, 0.2) is 35.6 Å². The Morgan fingerprint density at radius 2 is 1.87 bits per heavy atom. The number of aliphatic hydroxyl groups is 1. The van der Waals surface area contributed by atoms with E-state index in [0.717, 1.165) is 25.7 Å². The van der Waals surface area contributed by atoms with Crippen molar-refractivity contribution in [3.05, 3.63) is 47.0 Å². The van der Waals surface area contributed by atoms with Gasteiger partial charge in [-0.05, 0) is 31.0 Å². The van der Waals surface area contributed by atoms with E-state index in [1.807, 2.05) is 0 Å². The van der Waals surface area contributed by atoms with Crippen LogP contribution in [0.2, 0.25) is 0 Å². The van der Waals surface area contributed by atoms with Crippen LogP contribution in [0.1, 0.15) is 51.1 Å². The van der Waals surface area contributed by atoms with Crippen LogP contribution in [0, 0.1) is 5.82 Å². The van der Waals surface area contributed by atoms with Gasteiger partial charge in [0.15, 0.2) is 11.5 Å². The van der Waals surface area contributed by atoms with E-state index in [4.69, 9.17) is 0 Å². The number of halogens is 1. The molecule has 0 aromatic heterocycles. The Morgan fingerprint density at radius 1 is 1.22 bits per heavy atom. The monoisotopic (exact) mass is 319 g/mol. The van der Waals surface area contributed by atoms with Crippen LogP contribution in [-0.4, -0.2) is 28.2 Å². The number of Topliss-reactive ketones (excluding diaryl/α,β-unsaturated/α-hetero) is 1. The fourth-order valence-corrected chi connectivity index (χ4v) is 2.94. The highest BCUT2D eigenvalue weighted by Crippen LogP contribution is 2.37. The average Bonchev–Trinajstić information content (AvgIpc) is 2.77. The van der Waals surface area contributed by atoms with Gasteiger partial charge in [0.25, 0.3) is 5.91 Å². The number of rotatable bonds is 7. The Kier molecular flexibility index (Phi) is 5.53. The lowest BCUT2D eigenvalue weighted by molar-refractivity contribution is -0.129. The van der Waals surface area contributed by atoms with Crippen LogP contribution in [0.25, 0.3) is 0 Å². The molecule has 0 radical (unpaired) electrons. The summed E-state index contributed by atoms with van der Waals surface area (Å²) in [6, 6.07) is 5.05. The normalized spacial score (nSPS) is 18.0. The third kappa shape index (κ3) is 3.60. The summed E-state index contributed by atoms with van der Waals surface area (Å²) < 4.78 is 13.2. The zero-order chi connectivity index (χ0) is 17.0. The molecular formula is C18H22FNO3. The molecule has 1 aromatic carbocycles. The van der Waals surface area contributed by atoms with Crippen molar-refractivity contribution in [2.45, 2.75) is 45.6 Å². The SMILES string of the molecule is CCCCCCN1C(=O)C(O)=C(C(C)=O)[C@H]1c1ccc(F)cc1. The number of amides is 1. The zero-order valence-electron chi connectivity index (χ0n) is 13.5. The molecule has 23 heavy (non-hydrogen) atoms. The lowest BCUT2D eigenvalue weighted by atomic mass is 9.96. The van der Waals surface area contributed by atoms with Gasteiger partial charge in [0.2, 0.25) is 0 Å². The van der Waals surface area contributed by atoms with Crippen LogP contribution in [0.5, 0.6) is 0 Å². The van der Waals surface area contributed by atoms with Crippen LogP contribution >= 0.6 is 0 Å². The van der Waals surface area contributed by atoms with Gasteiger partial charge in [-0.1, -0.05) is 38.3 Å². The molecule has 1 aliphatic heterocycles. The number of hydrogen-bond donors (Lipinski definition) is 1. The molecule has 124 valence electrons. The third-order valence-electron chi connectivity index (χ3n) is 4.12. The molecule has 1 aliphatic rings. The number of aliphatic hydroxyl groups excluding tert-OH is 1. The second-order valence-electron chi connectivity index (χ2n) is 5.83. The summed E-state index contributed by atoms with van der Waals surface area (Å²) in [5.41, 5.74) is 0.724. The number of carbonyl (C=O) groups is 2. The molecule has 2 rings (SSSR count). The molecule has 0 saturated carbocycles. The Balaban J connectivity index is 2.31. The van der Waals surface area contributed by atoms with Crippen molar-refractivity contribution >= 4 is 11.7 Å². The van der Waals surface area contributed by atoms with Crippen molar-refractivity contribution in [2.75, 3.05) is 6.54 Å². The second kappa shape index (κ2) is 7.40. The molecule has 0 fully saturated rings. The largest absolute Gasteiger partial charge is 0.503 e. The number of unbranched alkanes of at least 4 members (excludes halogenated alkanes) is 3. The predicted molar refractivity (Wildman–Crippen MR) is 85.3 cm³/mol. The van der Waals surface area contributed by atoms with Crippen molar-refractivity contribution in [1.29, 1.82) is 0 Å². The lowest BCUT2D eigenvalue weighted by Gasteiger charge is -2.26. The molecule has 5 heteroatoms. The molecule has 1 N–H and O–H groups in total. The topological polar surface area (TPSA) is 57.6 Å². The summed E-state index contributed by atoms with van der Waals surface area (Å²) in [5.74, 6) is -1.74. The summed E-state index contributed by atoms with van der Waals surface area (Å²) in [4.78, 5) is 25.7. The molecule has 1 amide bonds. The summed E-state index contributed by atoms with van der Waals surface area (Å²) in [5, 5.41) is 10.1. The molecule has 0 aliphatic carbocycles. The number of benzene rings is 1. The van der Waals surface area contributed by atoms with Gasteiger partial charge >= 0.3 is 0 Å². The minimum Gasteiger partial charge on any atom is -0.503 e. The smallest absolute Gasteiger partial charge is 0.290 e. The summed E-state index contributed by atoms with van der Waals surface area (Å²) >= 11 is 0. The van der Waals surface area contributed by atoms with Gasteiger partial charge in [-0.2, -0.15) is 0 Å². The first-order valence-electron chi connectivity index (χ1n) is 7.97. The fraction of sp³-hybridized carbons (Fsp3) is 0.444. The van der Waals surface area contributed by atoms with E-state index >= 15 is 0 Å². The average molecular weight is 319 g/mol. The zero-order valence-corrected chi connectivity index (χ0v) is 13.5. The van der Waals surface area contributed by atoms with E-state index in [0.29, 0.717) is 12.1 Å². The van der Waals surface area contributed by atoms with Crippen LogP contribution < -0.4 is 0 Å². The minimum atomic E-state index is -0.637. The number of nitrogens with zero attached hydrogens (tertiary/aromatic N) is 1. The van der Waals surface area contributed by atoms with E-state index in [-0.39, 0.29) is 17.2 Å². The number of ketones is 1. The van der Waals surface area contributed by atoms with Gasteiger partial charge in [-0.3, -0.25) is 9.59 Å². The molecule has 4 nitrogen and oxygen atoms in total. The lowest BCUT2D eigenvalue weighted by Crippen LogP contribution is -2.32. The maximum Gasteiger partial charge on any atom is 0.290 e. The van der Waals surface area contributed by atoms with Crippen molar-refractivity contribution in [2.24, 2.45) is 0 Å². The maximum absolute atomic E-state index is 13.2. The summed E-state index contributed by atoms with van der Waals surface area (Å²) in [6.07, 6.45) is 3.93. The van der Waals surface area contributed by atoms with Gasteiger partial charge in [0.05, 0.1) is 11.6 Å². The molecule has 0 unspecified atom stereocenters. The highest BCUT2D eigenvalue weighted by atomic mass is 19.1. The van der Waals surface area contributed by atoms with Crippen LogP contribution in [0.4, 0.5) is 4.39 Å². The fourth-order valence-electron chi connectivity index (χ4n) is 2.94. The quantitative estimate of drug-likeness (QED) is 0.780. The number of carbonyl (C=O) groups excluding carboxylic acids is 2. The first-order chi connectivity index (χ1) is 11.0. The maximum atomic E-state index is 13.2. The molecule has 1 heterocycles. The summed E-state index contributed by atoms with van der Waals surface area (Å²) in [7, 11) is 0. The van der Waals surface area contributed by atoms with Crippen molar-refractivity contribution in [3.8, 4) is 0 Å². The van der Waals surface area contributed by atoms with Gasteiger partial charge in [0.1, 0.15) is 5.82 Å². The van der Waals surface area contributed by atoms with Gasteiger partial charge in [-0.25, -0.2) is 4.39 Å². The van der Waals surface area contributed by atoms with Crippen LogP contribution in [0.3, 0.4) is 0 Å². The number of hydrogen-bond acceptors (Lipinski definition) is 3. The first kappa shape index (κ1) is 17.2. The highest BCUT2D eigenvalue weighted by molar-refractivity contribution is 6.08. The third-order valence-corrected chi connectivity index (χ3v) is 4.12. The Labute approximate surface area is 135 Å². The van der Waals surface area contributed by atoms with Gasteiger partial charge < -0.3 is 10.0 Å². The van der Waals surface area contributed by atoms with E-state index in [9.17, 15) is 19.1 Å². The predicted octanol–water partition coefficient (Wildman–Crippen LogP) is 3.69. The van der Waals surface area contributed by atoms with Crippen molar-refractivity contribution < 1.29 is 19.1 Å². The van der Waals surface area contributed by atoms with Gasteiger partial charge in [0, 0.05) is 6.54 Å². The second-order valence-corrected chi connectivity index (χ2v) is 5.83. The minimum absolute atomic E-state index is 0.0945. The molecule has 1 atom stereocenters. The Hall–Kier alpha value is -2.17. The standard InChI is InChI=1S/C18H22FNO3/c1-3-4-5-6-11-20-16(13-7-9-14(19)10-8-13)15(12(2)21)17(22)18(20)23/h7-10,16,22H,3-6,11H2,1-2H3/t16-/m1/s1. The van der Waals surface area contributed by atoms with E-state index in [1.165, 1.54) is 24.0 Å². The van der Waals surface area contributed by atoms with Gasteiger partial charge in [-0.15, -0.1) is 0 Å². The van der Waals surface area contributed by atoms with Crippen molar-refractivity contribution in [3.63, 3.8) is 0 Å².